The van der Waals surface area contributed by atoms with Crippen molar-refractivity contribution in [3.63, 3.8) is 0 Å². The molecule has 0 aliphatic heterocycles. The Bertz CT molecular complexity index is 358. The predicted octanol–water partition coefficient (Wildman–Crippen LogP) is 0.893. The number of ether oxygens (including phenoxy) is 2. The van der Waals surface area contributed by atoms with E-state index in [0.29, 0.717) is 0 Å². The minimum atomic E-state index is -0.694. The Kier molecular flexibility index (Phi) is 2.81. The first-order chi connectivity index (χ1) is 6.60. The highest BCUT2D eigenvalue weighted by molar-refractivity contribution is 5.93. The van der Waals surface area contributed by atoms with Crippen LogP contribution < -0.4 is 4.74 Å². The number of hydrogen-bond acceptors (Lipinski definition) is 5. The Hall–Kier alpha value is -1.91. The van der Waals surface area contributed by atoms with Crippen molar-refractivity contribution in [1.29, 1.82) is 0 Å². The summed E-state index contributed by atoms with van der Waals surface area (Å²) in [6.45, 7) is 0. The van der Waals surface area contributed by atoms with E-state index in [1.807, 2.05) is 0 Å². The number of aromatic hydroxyl groups is 2. The second-order valence-electron chi connectivity index (χ2n) is 2.53. The SMILES string of the molecule is COC(=O)c1cc(OC)c(O)cc1O. The van der Waals surface area contributed by atoms with Crippen LogP contribution in [0.15, 0.2) is 12.1 Å². The van der Waals surface area contributed by atoms with E-state index in [2.05, 4.69) is 4.74 Å². The lowest BCUT2D eigenvalue weighted by molar-refractivity contribution is 0.0597. The van der Waals surface area contributed by atoms with Crippen LogP contribution in [0.25, 0.3) is 0 Å². The fraction of sp³-hybridized carbons (Fsp3) is 0.222. The second kappa shape index (κ2) is 3.87. The third-order valence-corrected chi connectivity index (χ3v) is 1.70. The quantitative estimate of drug-likeness (QED) is 0.690. The number of hydrogen-bond donors (Lipinski definition) is 2. The van der Waals surface area contributed by atoms with Crippen LogP contribution in [0.5, 0.6) is 17.2 Å². The monoisotopic (exact) mass is 198 g/mol. The van der Waals surface area contributed by atoms with E-state index in [-0.39, 0.29) is 22.8 Å². The number of carbonyl (C=O) groups is 1. The van der Waals surface area contributed by atoms with Gasteiger partial charge in [0.25, 0.3) is 0 Å². The molecule has 0 spiro atoms. The molecule has 0 fully saturated rings. The fourth-order valence-corrected chi connectivity index (χ4v) is 0.994. The Morgan fingerprint density at radius 1 is 1.21 bits per heavy atom. The zero-order valence-electron chi connectivity index (χ0n) is 7.77. The van der Waals surface area contributed by atoms with Gasteiger partial charge in [0, 0.05) is 12.1 Å². The molecule has 0 aliphatic rings. The largest absolute Gasteiger partial charge is 0.507 e. The van der Waals surface area contributed by atoms with Gasteiger partial charge in [-0.1, -0.05) is 0 Å². The van der Waals surface area contributed by atoms with Gasteiger partial charge in [-0.3, -0.25) is 0 Å². The van der Waals surface area contributed by atoms with Crippen LogP contribution >= 0.6 is 0 Å². The Balaban J connectivity index is 3.24. The first-order valence-electron chi connectivity index (χ1n) is 3.78. The van der Waals surface area contributed by atoms with E-state index in [0.717, 1.165) is 6.07 Å². The van der Waals surface area contributed by atoms with Crippen molar-refractivity contribution in [1.82, 2.24) is 0 Å². The molecule has 0 unspecified atom stereocenters. The molecule has 14 heavy (non-hydrogen) atoms. The lowest BCUT2D eigenvalue weighted by Crippen LogP contribution is -2.02. The van der Waals surface area contributed by atoms with Crippen LogP contribution in [-0.2, 0) is 4.74 Å². The maximum absolute atomic E-state index is 11.1. The summed E-state index contributed by atoms with van der Waals surface area (Å²) in [5.41, 5.74) is -0.0536. The molecule has 5 nitrogen and oxygen atoms in total. The van der Waals surface area contributed by atoms with Gasteiger partial charge in [0.15, 0.2) is 11.5 Å². The summed E-state index contributed by atoms with van der Waals surface area (Å²) in [7, 11) is 2.54. The van der Waals surface area contributed by atoms with Gasteiger partial charge in [-0.15, -0.1) is 0 Å². The number of esters is 1. The molecule has 0 heterocycles. The highest BCUT2D eigenvalue weighted by Crippen LogP contribution is 2.33. The Morgan fingerprint density at radius 2 is 1.86 bits per heavy atom. The molecule has 0 aliphatic carbocycles. The van der Waals surface area contributed by atoms with Gasteiger partial charge in [-0.25, -0.2) is 4.79 Å². The predicted molar refractivity (Wildman–Crippen MR) is 47.7 cm³/mol. The molecular weight excluding hydrogens is 188 g/mol. The standard InChI is InChI=1S/C9H10O5/c1-13-8-3-5(9(12)14-2)6(10)4-7(8)11/h3-4,10-11H,1-2H3. The van der Waals surface area contributed by atoms with Gasteiger partial charge >= 0.3 is 5.97 Å². The van der Waals surface area contributed by atoms with Crippen LogP contribution in [0.2, 0.25) is 0 Å². The molecule has 0 bridgehead atoms. The van der Waals surface area contributed by atoms with E-state index in [1.54, 1.807) is 0 Å². The number of carbonyl (C=O) groups excluding carboxylic acids is 1. The van der Waals surface area contributed by atoms with Crippen LogP contribution in [0.3, 0.4) is 0 Å². The van der Waals surface area contributed by atoms with Crippen molar-refractivity contribution in [2.45, 2.75) is 0 Å². The smallest absolute Gasteiger partial charge is 0.341 e. The minimum absolute atomic E-state index is 0.0536. The molecule has 0 radical (unpaired) electrons. The van der Waals surface area contributed by atoms with E-state index in [4.69, 9.17) is 4.74 Å². The van der Waals surface area contributed by atoms with Crippen molar-refractivity contribution in [3.8, 4) is 17.2 Å². The van der Waals surface area contributed by atoms with E-state index >= 15 is 0 Å². The maximum atomic E-state index is 11.1. The van der Waals surface area contributed by atoms with E-state index in [1.165, 1.54) is 20.3 Å². The van der Waals surface area contributed by atoms with Crippen LogP contribution in [0.1, 0.15) is 10.4 Å². The molecule has 1 aromatic rings. The average Bonchev–Trinajstić information content (AvgIpc) is 2.17. The number of methoxy groups -OCH3 is 2. The van der Waals surface area contributed by atoms with Gasteiger partial charge in [0.1, 0.15) is 11.3 Å². The summed E-state index contributed by atoms with van der Waals surface area (Å²) in [6, 6.07) is 2.22. The molecule has 0 atom stereocenters. The van der Waals surface area contributed by atoms with Crippen molar-refractivity contribution in [3.05, 3.63) is 17.7 Å². The van der Waals surface area contributed by atoms with Crippen molar-refractivity contribution >= 4 is 5.97 Å². The first-order valence-corrected chi connectivity index (χ1v) is 3.78. The molecule has 0 aromatic heterocycles. The third kappa shape index (κ3) is 1.71. The van der Waals surface area contributed by atoms with Gasteiger partial charge < -0.3 is 19.7 Å². The molecule has 0 saturated carbocycles. The highest BCUT2D eigenvalue weighted by Gasteiger charge is 2.15. The molecule has 1 aromatic carbocycles. The van der Waals surface area contributed by atoms with Gasteiger partial charge in [-0.05, 0) is 0 Å². The molecule has 0 saturated heterocycles. The van der Waals surface area contributed by atoms with Crippen molar-refractivity contribution < 1.29 is 24.5 Å². The normalized spacial score (nSPS) is 9.57. The van der Waals surface area contributed by atoms with E-state index in [9.17, 15) is 15.0 Å². The number of phenolic OH excluding ortho intramolecular Hbond substituents is 2. The minimum Gasteiger partial charge on any atom is -0.507 e. The number of phenols is 2. The van der Waals surface area contributed by atoms with Crippen LogP contribution in [0.4, 0.5) is 0 Å². The van der Waals surface area contributed by atoms with Gasteiger partial charge in [-0.2, -0.15) is 0 Å². The zero-order valence-corrected chi connectivity index (χ0v) is 7.77. The van der Waals surface area contributed by atoms with Gasteiger partial charge in [0.2, 0.25) is 0 Å². The average molecular weight is 198 g/mol. The summed E-state index contributed by atoms with van der Waals surface area (Å²) >= 11 is 0. The summed E-state index contributed by atoms with van der Waals surface area (Å²) in [4.78, 5) is 11.1. The van der Waals surface area contributed by atoms with Crippen molar-refractivity contribution in [2.75, 3.05) is 14.2 Å². The summed E-state index contributed by atoms with van der Waals surface area (Å²) in [5, 5.41) is 18.5. The Morgan fingerprint density at radius 3 is 2.36 bits per heavy atom. The van der Waals surface area contributed by atoms with Gasteiger partial charge in [0.05, 0.1) is 14.2 Å². The second-order valence-corrected chi connectivity index (χ2v) is 2.53. The Labute approximate surface area is 80.5 Å². The lowest BCUT2D eigenvalue weighted by Gasteiger charge is -2.07. The number of rotatable bonds is 2. The molecule has 2 N–H and O–H groups in total. The molecule has 5 heteroatoms. The molecular formula is C9H10O5. The maximum Gasteiger partial charge on any atom is 0.341 e. The van der Waals surface area contributed by atoms with Crippen LogP contribution in [0, 0.1) is 0 Å². The third-order valence-electron chi connectivity index (χ3n) is 1.70. The topological polar surface area (TPSA) is 76.0 Å². The van der Waals surface area contributed by atoms with E-state index < -0.39 is 5.97 Å². The zero-order chi connectivity index (χ0) is 10.7. The first kappa shape index (κ1) is 10.2. The number of benzene rings is 1. The highest BCUT2D eigenvalue weighted by atomic mass is 16.5. The molecule has 76 valence electrons. The van der Waals surface area contributed by atoms with Crippen LogP contribution in [-0.4, -0.2) is 30.4 Å². The molecule has 0 amide bonds. The summed E-state index contributed by atoms with van der Waals surface area (Å²) in [5.74, 6) is -1.18. The van der Waals surface area contributed by atoms with Crippen molar-refractivity contribution in [2.24, 2.45) is 0 Å². The summed E-state index contributed by atoms with van der Waals surface area (Å²) < 4.78 is 9.19. The summed E-state index contributed by atoms with van der Waals surface area (Å²) in [6.07, 6.45) is 0. The fourth-order valence-electron chi connectivity index (χ4n) is 0.994. The lowest BCUT2D eigenvalue weighted by atomic mass is 10.2. The molecule has 1 rings (SSSR count).